The number of benzene rings is 4. The zero-order chi connectivity index (χ0) is 21.5. The molecule has 1 aliphatic carbocycles. The van der Waals surface area contributed by atoms with Crippen LogP contribution in [0.1, 0.15) is 25.3 Å². The van der Waals surface area contributed by atoms with E-state index in [0.29, 0.717) is 0 Å². The fourth-order valence-electron chi connectivity index (χ4n) is 4.95. The SMILES string of the molecule is CC1=CC=C(c2cccc3c4cc(-c5ccccc5)ccc4n(-c4ccccc4)c23)CC1. The zero-order valence-electron chi connectivity index (χ0n) is 18.3. The highest BCUT2D eigenvalue weighted by atomic mass is 15.0. The molecule has 1 heterocycles. The quantitative estimate of drug-likeness (QED) is 0.280. The van der Waals surface area contributed by atoms with Crippen LogP contribution in [0.15, 0.2) is 115 Å². The highest BCUT2D eigenvalue weighted by Gasteiger charge is 2.18. The topological polar surface area (TPSA) is 4.93 Å². The molecule has 0 atom stereocenters. The van der Waals surface area contributed by atoms with Crippen molar-refractivity contribution in [1.82, 2.24) is 4.57 Å². The summed E-state index contributed by atoms with van der Waals surface area (Å²) in [5.74, 6) is 0. The molecule has 1 nitrogen and oxygen atoms in total. The summed E-state index contributed by atoms with van der Waals surface area (Å²) in [6.45, 7) is 2.22. The fourth-order valence-corrected chi connectivity index (χ4v) is 4.95. The lowest BCUT2D eigenvalue weighted by atomic mass is 9.92. The molecule has 0 saturated heterocycles. The highest BCUT2D eigenvalue weighted by Crippen LogP contribution is 2.39. The van der Waals surface area contributed by atoms with Crippen LogP contribution < -0.4 is 0 Å². The van der Waals surface area contributed by atoms with Gasteiger partial charge in [0.05, 0.1) is 11.0 Å². The summed E-state index contributed by atoms with van der Waals surface area (Å²) < 4.78 is 2.45. The summed E-state index contributed by atoms with van der Waals surface area (Å²) in [5.41, 5.74) is 10.5. The van der Waals surface area contributed by atoms with Gasteiger partial charge in [0, 0.05) is 22.0 Å². The lowest BCUT2D eigenvalue weighted by Crippen LogP contribution is -1.98. The van der Waals surface area contributed by atoms with Gasteiger partial charge in [-0.25, -0.2) is 0 Å². The molecule has 0 fully saturated rings. The molecular weight excluding hydrogens is 386 g/mol. The summed E-state index contributed by atoms with van der Waals surface area (Å²) >= 11 is 0. The monoisotopic (exact) mass is 411 g/mol. The van der Waals surface area contributed by atoms with Crippen LogP contribution >= 0.6 is 0 Å². The molecule has 1 aliphatic rings. The van der Waals surface area contributed by atoms with Gasteiger partial charge in [0.1, 0.15) is 0 Å². The van der Waals surface area contributed by atoms with Crippen molar-refractivity contribution >= 4 is 27.4 Å². The Bertz CT molecular complexity index is 1500. The van der Waals surface area contributed by atoms with Crippen LogP contribution in [0.25, 0.3) is 44.2 Å². The van der Waals surface area contributed by atoms with Crippen molar-refractivity contribution in [3.05, 3.63) is 120 Å². The summed E-state index contributed by atoms with van der Waals surface area (Å²) in [6.07, 6.45) is 6.82. The highest BCUT2D eigenvalue weighted by molar-refractivity contribution is 6.13. The van der Waals surface area contributed by atoms with Crippen molar-refractivity contribution in [2.75, 3.05) is 0 Å². The van der Waals surface area contributed by atoms with Crippen LogP contribution in [-0.4, -0.2) is 4.57 Å². The Labute approximate surface area is 188 Å². The van der Waals surface area contributed by atoms with E-state index < -0.39 is 0 Å². The van der Waals surface area contributed by atoms with Gasteiger partial charge in [0.2, 0.25) is 0 Å². The van der Waals surface area contributed by atoms with Crippen LogP contribution in [0.5, 0.6) is 0 Å². The van der Waals surface area contributed by atoms with Crippen molar-refractivity contribution in [1.29, 1.82) is 0 Å². The number of hydrogen-bond acceptors (Lipinski definition) is 0. The van der Waals surface area contributed by atoms with Crippen molar-refractivity contribution < 1.29 is 0 Å². The Kier molecular flexibility index (Phi) is 4.54. The third kappa shape index (κ3) is 3.09. The number of nitrogens with zero attached hydrogens (tertiary/aromatic N) is 1. The van der Waals surface area contributed by atoms with Gasteiger partial charge in [0.15, 0.2) is 0 Å². The maximum Gasteiger partial charge on any atom is 0.0616 e. The molecule has 5 aromatic rings. The largest absolute Gasteiger partial charge is 0.309 e. The van der Waals surface area contributed by atoms with Gasteiger partial charge in [-0.2, -0.15) is 0 Å². The fraction of sp³-hybridized carbons (Fsp3) is 0.0968. The third-order valence-electron chi connectivity index (χ3n) is 6.61. The summed E-state index contributed by atoms with van der Waals surface area (Å²) in [7, 11) is 0. The number of allylic oxidation sites excluding steroid dienone is 4. The molecule has 6 rings (SSSR count). The summed E-state index contributed by atoms with van der Waals surface area (Å²) in [6, 6.07) is 35.1. The van der Waals surface area contributed by atoms with Crippen molar-refractivity contribution in [2.24, 2.45) is 0 Å². The van der Waals surface area contributed by atoms with Gasteiger partial charge in [-0.05, 0) is 60.7 Å². The van der Waals surface area contributed by atoms with E-state index in [1.54, 1.807) is 0 Å². The van der Waals surface area contributed by atoms with Crippen molar-refractivity contribution in [3.63, 3.8) is 0 Å². The Balaban J connectivity index is 1.70. The van der Waals surface area contributed by atoms with Crippen LogP contribution in [0.3, 0.4) is 0 Å². The van der Waals surface area contributed by atoms with Gasteiger partial charge >= 0.3 is 0 Å². The van der Waals surface area contributed by atoms with Gasteiger partial charge in [-0.1, -0.05) is 90.5 Å². The Morgan fingerprint density at radius 1 is 0.625 bits per heavy atom. The zero-order valence-corrected chi connectivity index (χ0v) is 18.3. The molecule has 154 valence electrons. The molecule has 0 bridgehead atoms. The van der Waals surface area contributed by atoms with Gasteiger partial charge < -0.3 is 4.57 Å². The smallest absolute Gasteiger partial charge is 0.0616 e. The maximum atomic E-state index is 2.45. The second kappa shape index (κ2) is 7.69. The Hall–Kier alpha value is -3.84. The average molecular weight is 412 g/mol. The standard InChI is InChI=1S/C31H25N/c1-22-15-17-24(18-16-22)27-13-8-14-28-29-21-25(23-9-4-2-5-10-23)19-20-30(29)32(31(27)28)26-11-6-3-7-12-26/h2-15,17,19-21H,16,18H2,1H3. The summed E-state index contributed by atoms with van der Waals surface area (Å²) in [4.78, 5) is 0. The van der Waals surface area contributed by atoms with Crippen LogP contribution in [0, 0.1) is 0 Å². The minimum Gasteiger partial charge on any atom is -0.309 e. The van der Waals surface area contributed by atoms with E-state index >= 15 is 0 Å². The van der Waals surface area contributed by atoms with E-state index in [-0.39, 0.29) is 0 Å². The average Bonchev–Trinajstić information content (AvgIpc) is 3.19. The van der Waals surface area contributed by atoms with Crippen molar-refractivity contribution in [3.8, 4) is 16.8 Å². The van der Waals surface area contributed by atoms with Gasteiger partial charge in [0.25, 0.3) is 0 Å². The Morgan fingerprint density at radius 2 is 1.41 bits per heavy atom. The molecule has 0 spiro atoms. The molecule has 1 aromatic heterocycles. The third-order valence-corrected chi connectivity index (χ3v) is 6.61. The van der Waals surface area contributed by atoms with Gasteiger partial charge in [-0.15, -0.1) is 0 Å². The molecular formula is C31H25N. The van der Waals surface area contributed by atoms with Crippen LogP contribution in [0.4, 0.5) is 0 Å². The molecule has 1 heteroatoms. The van der Waals surface area contributed by atoms with E-state index in [1.165, 1.54) is 55.3 Å². The van der Waals surface area contributed by atoms with Crippen molar-refractivity contribution in [2.45, 2.75) is 19.8 Å². The minimum atomic E-state index is 1.09. The first-order valence-electron chi connectivity index (χ1n) is 11.3. The molecule has 0 radical (unpaired) electrons. The van der Waals surface area contributed by atoms with E-state index in [1.807, 2.05) is 0 Å². The number of fused-ring (bicyclic) bond motifs is 3. The Morgan fingerprint density at radius 3 is 2.16 bits per heavy atom. The molecule has 0 saturated carbocycles. The predicted octanol–water partition coefficient (Wildman–Crippen LogP) is 8.57. The number of aromatic nitrogens is 1. The molecule has 0 unspecified atom stereocenters. The molecule has 32 heavy (non-hydrogen) atoms. The first-order valence-corrected chi connectivity index (χ1v) is 11.3. The summed E-state index contributed by atoms with van der Waals surface area (Å²) in [5, 5.41) is 2.61. The maximum absolute atomic E-state index is 2.45. The molecule has 4 aromatic carbocycles. The molecule has 0 aliphatic heterocycles. The number of rotatable bonds is 3. The second-order valence-corrected chi connectivity index (χ2v) is 8.68. The minimum absolute atomic E-state index is 1.09. The lowest BCUT2D eigenvalue weighted by molar-refractivity contribution is 0.977. The molecule has 0 N–H and O–H groups in total. The van der Waals surface area contributed by atoms with E-state index in [9.17, 15) is 0 Å². The molecule has 0 amide bonds. The van der Waals surface area contributed by atoms with Crippen LogP contribution in [-0.2, 0) is 0 Å². The number of hydrogen-bond donors (Lipinski definition) is 0. The van der Waals surface area contributed by atoms with Gasteiger partial charge in [-0.3, -0.25) is 0 Å². The lowest BCUT2D eigenvalue weighted by Gasteiger charge is -2.16. The van der Waals surface area contributed by atoms with E-state index in [0.717, 1.165) is 12.8 Å². The van der Waals surface area contributed by atoms with E-state index in [4.69, 9.17) is 0 Å². The normalized spacial score (nSPS) is 13.9. The number of para-hydroxylation sites is 2. The first kappa shape index (κ1) is 18.9. The predicted molar refractivity (Wildman–Crippen MR) is 137 cm³/mol. The second-order valence-electron chi connectivity index (χ2n) is 8.68. The first-order chi connectivity index (χ1) is 15.8. The van der Waals surface area contributed by atoms with Crippen LogP contribution in [0.2, 0.25) is 0 Å². The van der Waals surface area contributed by atoms with E-state index in [2.05, 4.69) is 121 Å².